The zero-order chi connectivity index (χ0) is 17.7. The SMILES string of the molecule is CCCCCCOC(=O)CCCC(=O)NC12CC3CC(CC(C3)C1)C2. The maximum atomic E-state index is 12.4. The highest BCUT2D eigenvalue weighted by molar-refractivity contribution is 5.77. The molecule has 142 valence electrons. The third kappa shape index (κ3) is 5.21. The fraction of sp³-hybridized carbons (Fsp3) is 0.905. The Kier molecular flexibility index (Phi) is 6.40. The van der Waals surface area contributed by atoms with Crippen molar-refractivity contribution >= 4 is 11.9 Å². The molecule has 0 atom stereocenters. The zero-order valence-electron chi connectivity index (χ0n) is 15.9. The molecule has 0 aliphatic heterocycles. The monoisotopic (exact) mass is 349 g/mol. The van der Waals surface area contributed by atoms with Gasteiger partial charge in [-0.2, -0.15) is 0 Å². The van der Waals surface area contributed by atoms with E-state index in [-0.39, 0.29) is 17.4 Å². The van der Waals surface area contributed by atoms with Crippen molar-refractivity contribution in [1.29, 1.82) is 0 Å². The lowest BCUT2D eigenvalue weighted by Crippen LogP contribution is -2.59. The first kappa shape index (κ1) is 18.7. The van der Waals surface area contributed by atoms with Crippen molar-refractivity contribution in [3.05, 3.63) is 0 Å². The molecule has 4 aliphatic carbocycles. The third-order valence-electron chi connectivity index (χ3n) is 6.49. The molecule has 25 heavy (non-hydrogen) atoms. The minimum Gasteiger partial charge on any atom is -0.466 e. The summed E-state index contributed by atoms with van der Waals surface area (Å²) in [5, 5.41) is 3.37. The second kappa shape index (κ2) is 8.55. The van der Waals surface area contributed by atoms with Crippen LogP contribution in [-0.2, 0) is 14.3 Å². The van der Waals surface area contributed by atoms with Gasteiger partial charge in [-0.3, -0.25) is 9.59 Å². The van der Waals surface area contributed by atoms with Crippen LogP contribution in [0.25, 0.3) is 0 Å². The first-order chi connectivity index (χ1) is 12.1. The van der Waals surface area contributed by atoms with Gasteiger partial charge in [0.05, 0.1) is 6.61 Å². The first-order valence-corrected chi connectivity index (χ1v) is 10.6. The number of rotatable bonds is 10. The smallest absolute Gasteiger partial charge is 0.305 e. The predicted molar refractivity (Wildman–Crippen MR) is 98.0 cm³/mol. The second-order valence-corrected chi connectivity index (χ2v) is 8.88. The van der Waals surface area contributed by atoms with Crippen molar-refractivity contribution < 1.29 is 14.3 Å². The molecule has 4 saturated carbocycles. The maximum Gasteiger partial charge on any atom is 0.305 e. The number of nitrogens with one attached hydrogen (secondary N) is 1. The lowest BCUT2D eigenvalue weighted by Gasteiger charge is -2.56. The number of esters is 1. The molecule has 4 heteroatoms. The van der Waals surface area contributed by atoms with Crippen LogP contribution >= 0.6 is 0 Å². The summed E-state index contributed by atoms with van der Waals surface area (Å²) in [4.78, 5) is 24.1. The Morgan fingerprint density at radius 2 is 1.56 bits per heavy atom. The summed E-state index contributed by atoms with van der Waals surface area (Å²) in [6.07, 6.45) is 13.6. The number of hydrogen-bond acceptors (Lipinski definition) is 3. The van der Waals surface area contributed by atoms with E-state index in [0.29, 0.717) is 25.9 Å². The van der Waals surface area contributed by atoms with E-state index in [1.54, 1.807) is 0 Å². The lowest BCUT2D eigenvalue weighted by molar-refractivity contribution is -0.143. The first-order valence-electron chi connectivity index (χ1n) is 10.6. The summed E-state index contributed by atoms with van der Waals surface area (Å²) in [7, 11) is 0. The molecule has 1 N–H and O–H groups in total. The van der Waals surface area contributed by atoms with Gasteiger partial charge in [0, 0.05) is 18.4 Å². The van der Waals surface area contributed by atoms with Crippen LogP contribution in [0, 0.1) is 17.8 Å². The van der Waals surface area contributed by atoms with Crippen LogP contribution < -0.4 is 5.32 Å². The van der Waals surface area contributed by atoms with E-state index < -0.39 is 0 Å². The Morgan fingerprint density at radius 3 is 2.16 bits per heavy atom. The number of amides is 1. The average Bonchev–Trinajstić information content (AvgIpc) is 2.52. The molecule has 4 bridgehead atoms. The van der Waals surface area contributed by atoms with Crippen LogP contribution in [0.3, 0.4) is 0 Å². The highest BCUT2D eigenvalue weighted by Crippen LogP contribution is 2.55. The quantitative estimate of drug-likeness (QED) is 0.471. The molecule has 0 aromatic heterocycles. The van der Waals surface area contributed by atoms with Gasteiger partial charge in [0.25, 0.3) is 0 Å². The Balaban J connectivity index is 1.30. The maximum absolute atomic E-state index is 12.4. The Morgan fingerprint density at radius 1 is 0.920 bits per heavy atom. The molecule has 0 aromatic carbocycles. The van der Waals surface area contributed by atoms with Gasteiger partial charge in [-0.25, -0.2) is 0 Å². The van der Waals surface area contributed by atoms with Crippen molar-refractivity contribution in [3.8, 4) is 0 Å². The fourth-order valence-corrected chi connectivity index (χ4v) is 5.80. The highest BCUT2D eigenvalue weighted by atomic mass is 16.5. The summed E-state index contributed by atoms with van der Waals surface area (Å²) < 4.78 is 5.23. The molecule has 0 unspecified atom stereocenters. The van der Waals surface area contributed by atoms with E-state index in [9.17, 15) is 9.59 Å². The average molecular weight is 350 g/mol. The largest absolute Gasteiger partial charge is 0.466 e. The van der Waals surface area contributed by atoms with E-state index in [1.807, 2.05) is 0 Å². The van der Waals surface area contributed by atoms with E-state index >= 15 is 0 Å². The summed E-state index contributed by atoms with van der Waals surface area (Å²) in [5.74, 6) is 2.51. The molecule has 0 spiro atoms. The van der Waals surface area contributed by atoms with Crippen LogP contribution in [0.5, 0.6) is 0 Å². The Bertz CT molecular complexity index is 438. The van der Waals surface area contributed by atoms with Gasteiger partial charge in [0.1, 0.15) is 0 Å². The van der Waals surface area contributed by atoms with E-state index in [0.717, 1.165) is 30.6 Å². The molecule has 1 amide bonds. The van der Waals surface area contributed by atoms with Crippen LogP contribution in [0.4, 0.5) is 0 Å². The second-order valence-electron chi connectivity index (χ2n) is 8.88. The molecule has 0 saturated heterocycles. The summed E-state index contributed by atoms with van der Waals surface area (Å²) in [6, 6.07) is 0. The zero-order valence-corrected chi connectivity index (χ0v) is 15.9. The molecule has 0 heterocycles. The summed E-state index contributed by atoms with van der Waals surface area (Å²) >= 11 is 0. The normalized spacial score (nSPS) is 32.6. The molecule has 0 radical (unpaired) electrons. The molecule has 4 rings (SSSR count). The highest BCUT2D eigenvalue weighted by Gasteiger charge is 2.51. The fourth-order valence-electron chi connectivity index (χ4n) is 5.80. The van der Waals surface area contributed by atoms with Crippen molar-refractivity contribution in [3.63, 3.8) is 0 Å². The Hall–Kier alpha value is -1.06. The summed E-state index contributed by atoms with van der Waals surface area (Å²) in [6.45, 7) is 2.69. The van der Waals surface area contributed by atoms with Crippen molar-refractivity contribution in [2.45, 2.75) is 95.9 Å². The number of carbonyl (C=O) groups excluding carboxylic acids is 2. The van der Waals surface area contributed by atoms with Gasteiger partial charge >= 0.3 is 5.97 Å². The van der Waals surface area contributed by atoms with Crippen LogP contribution in [0.15, 0.2) is 0 Å². The molecule has 4 nitrogen and oxygen atoms in total. The predicted octanol–water partition coefficient (Wildman–Crippen LogP) is 4.37. The van der Waals surface area contributed by atoms with E-state index in [2.05, 4.69) is 12.2 Å². The van der Waals surface area contributed by atoms with Gasteiger partial charge in [-0.05, 0) is 69.1 Å². The molecular formula is C21H35NO3. The Labute approximate surface area is 152 Å². The minimum atomic E-state index is -0.154. The van der Waals surface area contributed by atoms with Crippen molar-refractivity contribution in [2.24, 2.45) is 17.8 Å². The van der Waals surface area contributed by atoms with Gasteiger partial charge in [0.2, 0.25) is 5.91 Å². The number of hydrogen-bond donors (Lipinski definition) is 1. The van der Waals surface area contributed by atoms with Gasteiger partial charge in [-0.1, -0.05) is 26.2 Å². The van der Waals surface area contributed by atoms with Gasteiger partial charge in [0.15, 0.2) is 0 Å². The van der Waals surface area contributed by atoms with Crippen molar-refractivity contribution in [2.75, 3.05) is 6.61 Å². The topological polar surface area (TPSA) is 55.4 Å². The molecule has 0 aromatic rings. The number of ether oxygens (including phenoxy) is 1. The van der Waals surface area contributed by atoms with Gasteiger partial charge in [-0.15, -0.1) is 0 Å². The number of unbranched alkanes of at least 4 members (excludes halogenated alkanes) is 3. The number of carbonyl (C=O) groups is 2. The minimum absolute atomic E-state index is 0.0889. The standard InChI is InChI=1S/C21H35NO3/c1-2-3-4-5-9-25-20(24)8-6-7-19(23)22-21-13-16-10-17(14-21)12-18(11-16)15-21/h16-18H,2-15H2,1H3,(H,22,23). The van der Waals surface area contributed by atoms with E-state index in [4.69, 9.17) is 4.74 Å². The van der Waals surface area contributed by atoms with Crippen molar-refractivity contribution in [1.82, 2.24) is 5.32 Å². The van der Waals surface area contributed by atoms with Gasteiger partial charge < -0.3 is 10.1 Å². The molecule has 4 fully saturated rings. The molecular weight excluding hydrogens is 314 g/mol. The lowest BCUT2D eigenvalue weighted by atomic mass is 9.53. The van der Waals surface area contributed by atoms with Crippen LogP contribution in [0.1, 0.15) is 90.4 Å². The van der Waals surface area contributed by atoms with Crippen LogP contribution in [-0.4, -0.2) is 24.0 Å². The molecule has 4 aliphatic rings. The van der Waals surface area contributed by atoms with E-state index in [1.165, 1.54) is 51.4 Å². The summed E-state index contributed by atoms with van der Waals surface area (Å²) in [5.41, 5.74) is 0.0889. The third-order valence-corrected chi connectivity index (χ3v) is 6.49. The van der Waals surface area contributed by atoms with Crippen LogP contribution in [0.2, 0.25) is 0 Å².